The Labute approximate surface area is 162 Å². The SMILES string of the molecule is O=C(CSc1nnc(N2CCCCC2)n1C1CC1)NC(=O)c1ccccc1. The highest BCUT2D eigenvalue weighted by molar-refractivity contribution is 7.99. The van der Waals surface area contributed by atoms with Crippen molar-refractivity contribution in [1.29, 1.82) is 0 Å². The van der Waals surface area contributed by atoms with E-state index in [1.807, 2.05) is 6.07 Å². The highest BCUT2D eigenvalue weighted by atomic mass is 32.2. The zero-order valence-electron chi connectivity index (χ0n) is 15.1. The lowest BCUT2D eigenvalue weighted by atomic mass is 10.1. The minimum absolute atomic E-state index is 0.142. The third kappa shape index (κ3) is 4.32. The first-order chi connectivity index (χ1) is 13.2. The second-order valence-electron chi connectivity index (χ2n) is 6.96. The molecule has 1 aliphatic heterocycles. The summed E-state index contributed by atoms with van der Waals surface area (Å²) in [5.74, 6) is 0.377. The highest BCUT2D eigenvalue weighted by Crippen LogP contribution is 2.41. The number of piperidine rings is 1. The lowest BCUT2D eigenvalue weighted by Gasteiger charge is -2.27. The number of nitrogens with one attached hydrogen (secondary N) is 1. The van der Waals surface area contributed by atoms with Crippen LogP contribution in [0.2, 0.25) is 0 Å². The molecule has 2 fully saturated rings. The summed E-state index contributed by atoms with van der Waals surface area (Å²) in [5, 5.41) is 11.9. The monoisotopic (exact) mass is 385 g/mol. The number of hydrogen-bond donors (Lipinski definition) is 1. The van der Waals surface area contributed by atoms with E-state index < -0.39 is 0 Å². The Bertz CT molecular complexity index is 813. The Balaban J connectivity index is 1.38. The molecule has 0 atom stereocenters. The number of benzene rings is 1. The molecule has 1 aliphatic carbocycles. The molecule has 1 aromatic heterocycles. The third-order valence-electron chi connectivity index (χ3n) is 4.82. The van der Waals surface area contributed by atoms with Crippen molar-refractivity contribution >= 4 is 29.5 Å². The molecule has 27 heavy (non-hydrogen) atoms. The molecule has 2 amide bonds. The van der Waals surface area contributed by atoms with Crippen molar-refractivity contribution in [2.75, 3.05) is 23.7 Å². The van der Waals surface area contributed by atoms with E-state index in [1.165, 1.54) is 31.0 Å². The van der Waals surface area contributed by atoms with Crippen molar-refractivity contribution in [1.82, 2.24) is 20.1 Å². The van der Waals surface area contributed by atoms with Crippen molar-refractivity contribution in [3.05, 3.63) is 35.9 Å². The molecule has 1 aromatic carbocycles. The Kier molecular flexibility index (Phi) is 5.42. The van der Waals surface area contributed by atoms with Gasteiger partial charge in [0, 0.05) is 24.7 Å². The van der Waals surface area contributed by atoms with Gasteiger partial charge in [-0.3, -0.25) is 19.5 Å². The summed E-state index contributed by atoms with van der Waals surface area (Å²) in [6.07, 6.45) is 5.90. The summed E-state index contributed by atoms with van der Waals surface area (Å²) in [7, 11) is 0. The van der Waals surface area contributed by atoms with E-state index in [1.54, 1.807) is 24.3 Å². The van der Waals surface area contributed by atoms with Gasteiger partial charge in [0.25, 0.3) is 5.91 Å². The number of hydrogen-bond acceptors (Lipinski definition) is 6. The van der Waals surface area contributed by atoms with Crippen molar-refractivity contribution in [3.8, 4) is 0 Å². The smallest absolute Gasteiger partial charge is 0.257 e. The topological polar surface area (TPSA) is 80.1 Å². The first kappa shape index (κ1) is 18.0. The van der Waals surface area contributed by atoms with Gasteiger partial charge in [-0.05, 0) is 44.2 Å². The zero-order chi connectivity index (χ0) is 18.6. The molecule has 7 nitrogen and oxygen atoms in total. The van der Waals surface area contributed by atoms with Gasteiger partial charge in [-0.15, -0.1) is 10.2 Å². The van der Waals surface area contributed by atoms with E-state index in [0.29, 0.717) is 11.6 Å². The van der Waals surface area contributed by atoms with Crippen molar-refractivity contribution in [3.63, 3.8) is 0 Å². The van der Waals surface area contributed by atoms with Gasteiger partial charge in [0.15, 0.2) is 5.16 Å². The number of rotatable bonds is 6. The van der Waals surface area contributed by atoms with Crippen LogP contribution in [0, 0.1) is 0 Å². The minimum atomic E-state index is -0.376. The molecule has 0 unspecified atom stereocenters. The molecular formula is C19H23N5O2S. The average molecular weight is 385 g/mol. The van der Waals surface area contributed by atoms with Crippen LogP contribution < -0.4 is 10.2 Å². The summed E-state index contributed by atoms with van der Waals surface area (Å²) in [6, 6.07) is 9.18. The molecule has 2 aromatic rings. The second kappa shape index (κ2) is 8.12. The molecule has 4 rings (SSSR count). The summed E-state index contributed by atoms with van der Waals surface area (Å²) in [6.45, 7) is 2.03. The van der Waals surface area contributed by atoms with Crippen LogP contribution in [0.25, 0.3) is 0 Å². The van der Waals surface area contributed by atoms with Gasteiger partial charge in [-0.2, -0.15) is 0 Å². The van der Waals surface area contributed by atoms with Crippen LogP contribution in [-0.4, -0.2) is 45.4 Å². The number of imide groups is 1. The van der Waals surface area contributed by atoms with Gasteiger partial charge in [0.2, 0.25) is 11.9 Å². The zero-order valence-corrected chi connectivity index (χ0v) is 16.0. The van der Waals surface area contributed by atoms with Gasteiger partial charge in [-0.25, -0.2) is 0 Å². The number of nitrogens with zero attached hydrogens (tertiary/aromatic N) is 4. The maximum absolute atomic E-state index is 12.2. The average Bonchev–Trinajstić information content (AvgIpc) is 3.46. The summed E-state index contributed by atoms with van der Waals surface area (Å²) in [4.78, 5) is 26.6. The first-order valence-electron chi connectivity index (χ1n) is 9.44. The molecule has 0 spiro atoms. The minimum Gasteiger partial charge on any atom is -0.341 e. The van der Waals surface area contributed by atoms with E-state index in [0.717, 1.165) is 37.0 Å². The molecule has 1 N–H and O–H groups in total. The maximum atomic E-state index is 12.2. The number of aromatic nitrogens is 3. The third-order valence-corrected chi connectivity index (χ3v) is 5.76. The number of thioether (sulfide) groups is 1. The van der Waals surface area contributed by atoms with Crippen LogP contribution in [-0.2, 0) is 4.79 Å². The Morgan fingerprint density at radius 2 is 1.81 bits per heavy atom. The van der Waals surface area contributed by atoms with Crippen molar-refractivity contribution in [2.45, 2.75) is 43.3 Å². The number of carbonyl (C=O) groups is 2. The summed E-state index contributed by atoms with van der Waals surface area (Å²) in [5.41, 5.74) is 0.476. The van der Waals surface area contributed by atoms with Crippen LogP contribution in [0.1, 0.15) is 48.5 Å². The van der Waals surface area contributed by atoms with E-state index in [2.05, 4.69) is 25.0 Å². The van der Waals surface area contributed by atoms with Gasteiger partial charge >= 0.3 is 0 Å². The Morgan fingerprint density at radius 1 is 1.07 bits per heavy atom. The Hall–Kier alpha value is -2.35. The van der Waals surface area contributed by atoms with E-state index in [4.69, 9.17) is 0 Å². The first-order valence-corrected chi connectivity index (χ1v) is 10.4. The molecule has 2 heterocycles. The standard InChI is InChI=1S/C19H23N5O2S/c25-16(20-17(26)14-7-3-1-4-8-14)13-27-19-22-21-18(24(19)15-9-10-15)23-11-5-2-6-12-23/h1,3-4,7-8,15H,2,5-6,9-13H2,(H,20,25,26). The van der Waals surface area contributed by atoms with Gasteiger partial charge in [-0.1, -0.05) is 30.0 Å². The van der Waals surface area contributed by atoms with Gasteiger partial charge in [0.05, 0.1) is 5.75 Å². The van der Waals surface area contributed by atoms with Crippen molar-refractivity contribution in [2.24, 2.45) is 0 Å². The predicted molar refractivity (Wildman–Crippen MR) is 104 cm³/mol. The van der Waals surface area contributed by atoms with Gasteiger partial charge in [0.1, 0.15) is 0 Å². The molecular weight excluding hydrogens is 362 g/mol. The molecule has 2 aliphatic rings. The lowest BCUT2D eigenvalue weighted by Crippen LogP contribution is -2.32. The number of carbonyl (C=O) groups excluding carboxylic acids is 2. The number of amides is 2. The van der Waals surface area contributed by atoms with Crippen LogP contribution in [0.4, 0.5) is 5.95 Å². The summed E-state index contributed by atoms with van der Waals surface area (Å²) >= 11 is 1.34. The fourth-order valence-electron chi connectivity index (χ4n) is 3.28. The highest BCUT2D eigenvalue weighted by Gasteiger charge is 2.32. The fourth-order valence-corrected chi connectivity index (χ4v) is 4.08. The molecule has 8 heteroatoms. The molecule has 1 saturated heterocycles. The molecule has 0 radical (unpaired) electrons. The largest absolute Gasteiger partial charge is 0.341 e. The van der Waals surface area contributed by atoms with E-state index in [9.17, 15) is 9.59 Å². The van der Waals surface area contributed by atoms with E-state index >= 15 is 0 Å². The molecule has 1 saturated carbocycles. The fraction of sp³-hybridized carbons (Fsp3) is 0.474. The number of anilines is 1. The van der Waals surface area contributed by atoms with Crippen LogP contribution in [0.15, 0.2) is 35.5 Å². The molecule has 0 bridgehead atoms. The normalized spacial score (nSPS) is 17.0. The molecule has 142 valence electrons. The quantitative estimate of drug-likeness (QED) is 0.770. The van der Waals surface area contributed by atoms with Gasteiger partial charge < -0.3 is 4.90 Å². The lowest BCUT2D eigenvalue weighted by molar-refractivity contribution is -0.117. The van der Waals surface area contributed by atoms with Crippen LogP contribution >= 0.6 is 11.8 Å². The van der Waals surface area contributed by atoms with Crippen LogP contribution in [0.5, 0.6) is 0 Å². The maximum Gasteiger partial charge on any atom is 0.257 e. The Morgan fingerprint density at radius 3 is 2.52 bits per heavy atom. The van der Waals surface area contributed by atoms with Crippen LogP contribution in [0.3, 0.4) is 0 Å². The summed E-state index contributed by atoms with van der Waals surface area (Å²) < 4.78 is 2.18. The second-order valence-corrected chi connectivity index (χ2v) is 7.91. The van der Waals surface area contributed by atoms with E-state index in [-0.39, 0.29) is 17.6 Å². The predicted octanol–water partition coefficient (Wildman–Crippen LogP) is 2.65. The van der Waals surface area contributed by atoms with Crippen molar-refractivity contribution < 1.29 is 9.59 Å².